The molecule has 0 bridgehead atoms. The number of nitrogens with zero attached hydrogens (tertiary/aromatic N) is 3. The van der Waals surface area contributed by atoms with Gasteiger partial charge in [0.1, 0.15) is 28.8 Å². The van der Waals surface area contributed by atoms with Crippen molar-refractivity contribution in [1.29, 1.82) is 0 Å². The summed E-state index contributed by atoms with van der Waals surface area (Å²) in [6.07, 6.45) is -1.25. The summed E-state index contributed by atoms with van der Waals surface area (Å²) in [4.78, 5) is 7.61. The Morgan fingerprint density at radius 2 is 2.24 bits per heavy atom. The molecule has 3 N–H and O–H groups in total. The monoisotopic (exact) mass is 317 g/mol. The van der Waals surface area contributed by atoms with Crippen molar-refractivity contribution in [3.05, 3.63) is 23.5 Å². The normalized spacial score (nSPS) is 33.0. The second-order valence-corrected chi connectivity index (χ2v) is 5.48. The number of hydrogen-bond acceptors (Lipinski definition) is 6. The zero-order valence-electron chi connectivity index (χ0n) is 10.9. The molecule has 114 valence electrons. The molecule has 1 aliphatic heterocycles. The van der Waals surface area contributed by atoms with Gasteiger partial charge in [-0.25, -0.2) is 14.4 Å². The van der Waals surface area contributed by atoms with Crippen LogP contribution in [0, 0.1) is 5.82 Å². The molecule has 0 aromatic carbocycles. The minimum atomic E-state index is -1.73. The molecule has 1 saturated heterocycles. The van der Waals surface area contributed by atoms with Crippen molar-refractivity contribution in [1.82, 2.24) is 14.5 Å². The number of rotatable bonds is 2. The Morgan fingerprint density at radius 3 is 2.86 bits per heavy atom. The molecule has 3 heterocycles. The first kappa shape index (κ1) is 14.6. The minimum absolute atomic E-state index is 0.00562. The first-order valence-electron chi connectivity index (χ1n) is 6.21. The SMILES string of the molecule is C[C@@]1(O)C(O)C(CO)OC1n1cnc2c(Cl)ncc(F)c21. The highest BCUT2D eigenvalue weighted by Gasteiger charge is 2.53. The van der Waals surface area contributed by atoms with E-state index in [0.29, 0.717) is 0 Å². The van der Waals surface area contributed by atoms with Crippen LogP contribution in [0.5, 0.6) is 0 Å². The Morgan fingerprint density at radius 1 is 1.52 bits per heavy atom. The van der Waals surface area contributed by atoms with Gasteiger partial charge in [0.05, 0.1) is 19.1 Å². The smallest absolute Gasteiger partial charge is 0.167 e. The maximum absolute atomic E-state index is 14.0. The van der Waals surface area contributed by atoms with Crippen molar-refractivity contribution in [2.24, 2.45) is 0 Å². The largest absolute Gasteiger partial charge is 0.394 e. The molecule has 0 radical (unpaired) electrons. The second-order valence-electron chi connectivity index (χ2n) is 5.13. The number of ether oxygens (including phenoxy) is 1. The van der Waals surface area contributed by atoms with Crippen LogP contribution in [-0.2, 0) is 4.74 Å². The van der Waals surface area contributed by atoms with E-state index in [1.54, 1.807) is 0 Å². The molecule has 0 amide bonds. The summed E-state index contributed by atoms with van der Waals surface area (Å²) in [5.74, 6) is -0.687. The summed E-state index contributed by atoms with van der Waals surface area (Å²) in [7, 11) is 0. The van der Waals surface area contributed by atoms with E-state index >= 15 is 0 Å². The van der Waals surface area contributed by atoms with Crippen LogP contribution < -0.4 is 0 Å². The van der Waals surface area contributed by atoms with Crippen molar-refractivity contribution < 1.29 is 24.4 Å². The van der Waals surface area contributed by atoms with Gasteiger partial charge in [-0.15, -0.1) is 0 Å². The average Bonchev–Trinajstić information content (AvgIpc) is 2.97. The Labute approximate surface area is 123 Å². The fourth-order valence-electron chi connectivity index (χ4n) is 2.55. The average molecular weight is 318 g/mol. The van der Waals surface area contributed by atoms with Crippen molar-refractivity contribution in [2.75, 3.05) is 6.61 Å². The summed E-state index contributed by atoms with van der Waals surface area (Å²) < 4.78 is 20.7. The number of aromatic nitrogens is 3. The van der Waals surface area contributed by atoms with E-state index in [2.05, 4.69) is 9.97 Å². The molecule has 1 fully saturated rings. The third-order valence-electron chi connectivity index (χ3n) is 3.69. The van der Waals surface area contributed by atoms with E-state index in [-0.39, 0.29) is 16.2 Å². The molecule has 0 aliphatic carbocycles. The predicted molar refractivity (Wildman–Crippen MR) is 70.1 cm³/mol. The van der Waals surface area contributed by atoms with Gasteiger partial charge in [-0.2, -0.15) is 0 Å². The van der Waals surface area contributed by atoms with Gasteiger partial charge in [0.2, 0.25) is 0 Å². The number of fused-ring (bicyclic) bond motifs is 1. The summed E-state index contributed by atoms with van der Waals surface area (Å²) in [5, 5.41) is 29.6. The standard InChI is InChI=1S/C12H13ClFN3O4/c1-12(20)9(19)6(3-18)21-11(12)17-4-16-7-8(17)5(14)2-15-10(7)13/h2,4,6,9,11,18-20H,3H2,1H3/t6?,9?,11?,12-/m1/s1. The Hall–Kier alpha value is -1.32. The van der Waals surface area contributed by atoms with E-state index in [1.165, 1.54) is 17.8 Å². The lowest BCUT2D eigenvalue weighted by Crippen LogP contribution is -2.44. The number of aliphatic hydroxyl groups excluding tert-OH is 2. The van der Waals surface area contributed by atoms with Crippen molar-refractivity contribution in [2.45, 2.75) is 31.0 Å². The number of imidazole rings is 1. The van der Waals surface area contributed by atoms with E-state index in [0.717, 1.165) is 6.20 Å². The molecule has 3 unspecified atom stereocenters. The topological polar surface area (TPSA) is 101 Å². The van der Waals surface area contributed by atoms with Crippen LogP contribution in [0.1, 0.15) is 13.2 Å². The van der Waals surface area contributed by atoms with Crippen molar-refractivity contribution in [3.63, 3.8) is 0 Å². The highest BCUT2D eigenvalue weighted by molar-refractivity contribution is 6.33. The molecular formula is C12H13ClFN3O4. The summed E-state index contributed by atoms with van der Waals surface area (Å²) in [6.45, 7) is 0.857. The predicted octanol–water partition coefficient (Wildman–Crippen LogP) is 0.225. The van der Waals surface area contributed by atoms with Gasteiger partial charge in [-0.05, 0) is 6.92 Å². The third kappa shape index (κ3) is 2.02. The Balaban J connectivity index is 2.15. The van der Waals surface area contributed by atoms with E-state index in [4.69, 9.17) is 21.4 Å². The molecule has 2 aromatic heterocycles. The quantitative estimate of drug-likeness (QED) is 0.685. The number of halogens is 2. The maximum Gasteiger partial charge on any atom is 0.167 e. The summed E-state index contributed by atoms with van der Waals surface area (Å²) >= 11 is 5.86. The molecule has 9 heteroatoms. The van der Waals surface area contributed by atoms with Gasteiger partial charge in [0.15, 0.2) is 17.2 Å². The molecular weight excluding hydrogens is 305 g/mol. The van der Waals surface area contributed by atoms with Gasteiger partial charge in [0, 0.05) is 0 Å². The summed E-state index contributed by atoms with van der Waals surface area (Å²) in [6, 6.07) is 0. The molecule has 1 aliphatic rings. The van der Waals surface area contributed by atoms with Crippen molar-refractivity contribution in [3.8, 4) is 0 Å². The van der Waals surface area contributed by atoms with Crippen LogP contribution in [-0.4, -0.2) is 54.3 Å². The van der Waals surface area contributed by atoms with Crippen LogP contribution >= 0.6 is 11.6 Å². The molecule has 0 spiro atoms. The molecule has 2 aromatic rings. The third-order valence-corrected chi connectivity index (χ3v) is 3.97. The van der Waals surface area contributed by atoms with E-state index < -0.39 is 36.5 Å². The Kier molecular flexibility index (Phi) is 3.38. The lowest BCUT2D eigenvalue weighted by Gasteiger charge is -2.27. The van der Waals surface area contributed by atoms with E-state index in [9.17, 15) is 14.6 Å². The van der Waals surface area contributed by atoms with Crippen molar-refractivity contribution >= 4 is 22.6 Å². The zero-order chi connectivity index (χ0) is 15.4. The number of hydrogen-bond donors (Lipinski definition) is 3. The van der Waals surface area contributed by atoms with Crippen LogP contribution in [0.2, 0.25) is 5.15 Å². The number of pyridine rings is 1. The lowest BCUT2D eigenvalue weighted by molar-refractivity contribution is -0.0950. The first-order valence-corrected chi connectivity index (χ1v) is 6.59. The fraction of sp³-hybridized carbons (Fsp3) is 0.500. The van der Waals surface area contributed by atoms with Gasteiger partial charge in [-0.1, -0.05) is 11.6 Å². The van der Waals surface area contributed by atoms with Gasteiger partial charge >= 0.3 is 0 Å². The maximum atomic E-state index is 14.0. The molecule has 7 nitrogen and oxygen atoms in total. The lowest BCUT2D eigenvalue weighted by atomic mass is 9.96. The van der Waals surface area contributed by atoms with Gasteiger partial charge < -0.3 is 20.1 Å². The van der Waals surface area contributed by atoms with Crippen LogP contribution in [0.25, 0.3) is 11.0 Å². The Bertz CT molecular complexity index is 692. The second kappa shape index (κ2) is 4.85. The first-order chi connectivity index (χ1) is 9.87. The van der Waals surface area contributed by atoms with Gasteiger partial charge in [-0.3, -0.25) is 4.57 Å². The highest BCUT2D eigenvalue weighted by atomic mass is 35.5. The summed E-state index contributed by atoms with van der Waals surface area (Å²) in [5.41, 5.74) is -1.60. The molecule has 21 heavy (non-hydrogen) atoms. The highest BCUT2D eigenvalue weighted by Crippen LogP contribution is 2.40. The molecule has 3 rings (SSSR count). The van der Waals surface area contributed by atoms with Crippen LogP contribution in [0.15, 0.2) is 12.5 Å². The van der Waals surface area contributed by atoms with E-state index in [1.807, 2.05) is 0 Å². The van der Waals surface area contributed by atoms with Crippen LogP contribution in [0.4, 0.5) is 4.39 Å². The molecule has 4 atom stereocenters. The minimum Gasteiger partial charge on any atom is -0.394 e. The molecule has 0 saturated carbocycles. The van der Waals surface area contributed by atoms with Gasteiger partial charge in [0.25, 0.3) is 0 Å². The zero-order valence-corrected chi connectivity index (χ0v) is 11.7. The fourth-order valence-corrected chi connectivity index (χ4v) is 2.74. The number of aliphatic hydroxyl groups is 3. The van der Waals surface area contributed by atoms with Crippen LogP contribution in [0.3, 0.4) is 0 Å².